The first-order chi connectivity index (χ1) is 12.9. The van der Waals surface area contributed by atoms with E-state index in [1.807, 2.05) is 30.3 Å². The zero-order chi connectivity index (χ0) is 19.9. The molecule has 2 rings (SSSR count). The lowest BCUT2D eigenvalue weighted by Gasteiger charge is -2.19. The van der Waals surface area contributed by atoms with Gasteiger partial charge in [-0.05, 0) is 29.8 Å². The molecule has 1 N–H and O–H groups in total. The highest BCUT2D eigenvalue weighted by Gasteiger charge is 2.23. The summed E-state index contributed by atoms with van der Waals surface area (Å²) in [5.74, 6) is 0.00417. The topological polar surface area (TPSA) is 75.7 Å². The Labute approximate surface area is 160 Å². The number of carbonyl (C=O) groups is 1. The molecule has 0 aromatic heterocycles. The van der Waals surface area contributed by atoms with E-state index in [1.165, 1.54) is 35.7 Å². The maximum absolute atomic E-state index is 12.7. The first kappa shape index (κ1) is 20.7. The Morgan fingerprint density at radius 1 is 1.11 bits per heavy atom. The van der Waals surface area contributed by atoms with E-state index >= 15 is 0 Å². The fourth-order valence-corrected chi connectivity index (χ4v) is 4.05. The van der Waals surface area contributed by atoms with Crippen LogP contribution in [0.25, 0.3) is 6.08 Å². The fourth-order valence-electron chi connectivity index (χ4n) is 2.57. The molecule has 0 radical (unpaired) electrons. The summed E-state index contributed by atoms with van der Waals surface area (Å²) in [6.45, 7) is 4.29. The number of anilines is 1. The van der Waals surface area contributed by atoms with Gasteiger partial charge in [-0.2, -0.15) is 4.31 Å². The van der Waals surface area contributed by atoms with E-state index in [9.17, 15) is 13.2 Å². The first-order valence-corrected chi connectivity index (χ1v) is 10.1. The third-order valence-corrected chi connectivity index (χ3v) is 6.04. The molecule has 0 bridgehead atoms. The van der Waals surface area contributed by atoms with Gasteiger partial charge in [0.05, 0.1) is 17.7 Å². The molecular weight excluding hydrogens is 364 g/mol. The highest BCUT2D eigenvalue weighted by atomic mass is 32.2. The summed E-state index contributed by atoms with van der Waals surface area (Å²) in [6.07, 6.45) is 3.07. The van der Waals surface area contributed by atoms with Gasteiger partial charge in [0, 0.05) is 19.2 Å². The van der Waals surface area contributed by atoms with Gasteiger partial charge in [0.15, 0.2) is 0 Å². The molecule has 0 aliphatic heterocycles. The molecule has 0 atom stereocenters. The van der Waals surface area contributed by atoms with Crippen LogP contribution in [0.4, 0.5) is 5.69 Å². The largest absolute Gasteiger partial charge is 0.495 e. The number of rotatable bonds is 8. The highest BCUT2D eigenvalue weighted by Crippen LogP contribution is 2.29. The Kier molecular flexibility index (Phi) is 7.15. The van der Waals surface area contributed by atoms with Crippen molar-refractivity contribution in [2.45, 2.75) is 18.7 Å². The number of nitrogens with one attached hydrogen (secondary N) is 1. The fraction of sp³-hybridized carbons (Fsp3) is 0.250. The van der Waals surface area contributed by atoms with Crippen molar-refractivity contribution in [3.63, 3.8) is 0 Å². The van der Waals surface area contributed by atoms with Gasteiger partial charge in [0.1, 0.15) is 5.75 Å². The molecule has 0 saturated carbocycles. The summed E-state index contributed by atoms with van der Waals surface area (Å²) in [5.41, 5.74) is 1.19. The van der Waals surface area contributed by atoms with Crippen molar-refractivity contribution >= 4 is 27.7 Å². The SMILES string of the molecule is CCN(CC)S(=O)(=O)c1ccc(OC)c(NC(=O)C=Cc2ccccc2)c1. The molecule has 0 saturated heterocycles. The molecule has 1 amide bonds. The smallest absolute Gasteiger partial charge is 0.248 e. The predicted octanol–water partition coefficient (Wildman–Crippen LogP) is 3.38. The molecule has 27 heavy (non-hydrogen) atoms. The molecule has 0 spiro atoms. The summed E-state index contributed by atoms with van der Waals surface area (Å²) < 4.78 is 32.0. The van der Waals surface area contributed by atoms with Gasteiger partial charge in [-0.15, -0.1) is 0 Å². The van der Waals surface area contributed by atoms with Crippen LogP contribution < -0.4 is 10.1 Å². The second-order valence-corrected chi connectivity index (χ2v) is 7.62. The Hall–Kier alpha value is -2.64. The number of methoxy groups -OCH3 is 1. The number of hydrogen-bond acceptors (Lipinski definition) is 4. The molecule has 0 unspecified atom stereocenters. The van der Waals surface area contributed by atoms with Crippen molar-refractivity contribution in [2.75, 3.05) is 25.5 Å². The average Bonchev–Trinajstić information content (AvgIpc) is 2.68. The highest BCUT2D eigenvalue weighted by molar-refractivity contribution is 7.89. The molecule has 144 valence electrons. The van der Waals surface area contributed by atoms with Crippen LogP contribution in [0.15, 0.2) is 59.5 Å². The third kappa shape index (κ3) is 5.18. The van der Waals surface area contributed by atoms with Gasteiger partial charge in [-0.25, -0.2) is 8.42 Å². The van der Waals surface area contributed by atoms with Gasteiger partial charge in [-0.3, -0.25) is 4.79 Å². The number of amides is 1. The van der Waals surface area contributed by atoms with Gasteiger partial charge in [-0.1, -0.05) is 44.2 Å². The molecule has 0 aliphatic carbocycles. The molecule has 2 aromatic rings. The van der Waals surface area contributed by atoms with Crippen molar-refractivity contribution in [3.8, 4) is 5.75 Å². The first-order valence-electron chi connectivity index (χ1n) is 8.64. The van der Waals surface area contributed by atoms with E-state index in [4.69, 9.17) is 4.74 Å². The molecule has 7 heteroatoms. The lowest BCUT2D eigenvalue weighted by atomic mass is 10.2. The molecule has 0 aliphatic rings. The third-order valence-electron chi connectivity index (χ3n) is 4.00. The lowest BCUT2D eigenvalue weighted by molar-refractivity contribution is -0.111. The van der Waals surface area contributed by atoms with Gasteiger partial charge >= 0.3 is 0 Å². The van der Waals surface area contributed by atoms with E-state index in [2.05, 4.69) is 5.32 Å². The van der Waals surface area contributed by atoms with Crippen LogP contribution in [0.1, 0.15) is 19.4 Å². The Morgan fingerprint density at radius 3 is 2.37 bits per heavy atom. The van der Waals surface area contributed by atoms with Crippen LogP contribution in [0, 0.1) is 0 Å². The second kappa shape index (κ2) is 9.34. The molecular formula is C20H24N2O4S. The van der Waals surface area contributed by atoms with Crippen LogP contribution in [-0.4, -0.2) is 38.8 Å². The van der Waals surface area contributed by atoms with Gasteiger partial charge in [0.2, 0.25) is 15.9 Å². The minimum atomic E-state index is -3.63. The van der Waals surface area contributed by atoms with Gasteiger partial charge in [0.25, 0.3) is 0 Å². The van der Waals surface area contributed by atoms with Crippen LogP contribution in [-0.2, 0) is 14.8 Å². The predicted molar refractivity (Wildman–Crippen MR) is 107 cm³/mol. The Balaban J connectivity index is 2.27. The number of nitrogens with zero attached hydrogens (tertiary/aromatic N) is 1. The number of carbonyl (C=O) groups excluding carboxylic acids is 1. The van der Waals surface area contributed by atoms with E-state index in [0.29, 0.717) is 24.5 Å². The van der Waals surface area contributed by atoms with Crippen molar-refractivity contribution in [3.05, 3.63) is 60.2 Å². The van der Waals surface area contributed by atoms with E-state index in [-0.39, 0.29) is 10.8 Å². The maximum atomic E-state index is 12.7. The van der Waals surface area contributed by atoms with Crippen LogP contribution >= 0.6 is 0 Å². The quantitative estimate of drug-likeness (QED) is 0.704. The van der Waals surface area contributed by atoms with E-state index < -0.39 is 10.0 Å². The summed E-state index contributed by atoms with van der Waals surface area (Å²) in [4.78, 5) is 12.4. The van der Waals surface area contributed by atoms with Crippen LogP contribution in [0.5, 0.6) is 5.75 Å². The number of benzene rings is 2. The maximum Gasteiger partial charge on any atom is 0.248 e. The lowest BCUT2D eigenvalue weighted by Crippen LogP contribution is -2.30. The minimum absolute atomic E-state index is 0.106. The van der Waals surface area contributed by atoms with Crippen molar-refractivity contribution < 1.29 is 17.9 Å². The normalized spacial score (nSPS) is 11.7. The van der Waals surface area contributed by atoms with E-state index in [1.54, 1.807) is 19.9 Å². The molecule has 0 heterocycles. The summed E-state index contributed by atoms with van der Waals surface area (Å²) in [6, 6.07) is 13.8. The Morgan fingerprint density at radius 2 is 1.78 bits per heavy atom. The zero-order valence-corrected chi connectivity index (χ0v) is 16.5. The summed E-state index contributed by atoms with van der Waals surface area (Å²) >= 11 is 0. The standard InChI is InChI=1S/C20H24N2O4S/c1-4-22(5-2)27(24,25)17-12-13-19(26-3)18(15-17)21-20(23)14-11-16-9-7-6-8-10-16/h6-15H,4-5H2,1-3H3,(H,21,23). The molecule has 6 nitrogen and oxygen atoms in total. The Bertz CT molecular complexity index is 905. The average molecular weight is 388 g/mol. The molecule has 0 fully saturated rings. The summed E-state index contributed by atoms with van der Waals surface area (Å²) in [7, 11) is -2.17. The van der Waals surface area contributed by atoms with Crippen molar-refractivity contribution in [1.29, 1.82) is 0 Å². The van der Waals surface area contributed by atoms with Crippen molar-refractivity contribution in [2.24, 2.45) is 0 Å². The van der Waals surface area contributed by atoms with E-state index in [0.717, 1.165) is 5.56 Å². The summed E-state index contributed by atoms with van der Waals surface area (Å²) in [5, 5.41) is 2.69. The number of hydrogen-bond donors (Lipinski definition) is 1. The van der Waals surface area contributed by atoms with Crippen LogP contribution in [0.2, 0.25) is 0 Å². The zero-order valence-electron chi connectivity index (χ0n) is 15.7. The minimum Gasteiger partial charge on any atom is -0.495 e. The number of sulfonamides is 1. The monoisotopic (exact) mass is 388 g/mol. The van der Waals surface area contributed by atoms with Gasteiger partial charge < -0.3 is 10.1 Å². The van der Waals surface area contributed by atoms with Crippen molar-refractivity contribution in [1.82, 2.24) is 4.31 Å². The van der Waals surface area contributed by atoms with Crippen LogP contribution in [0.3, 0.4) is 0 Å². The molecule has 2 aromatic carbocycles. The number of ether oxygens (including phenoxy) is 1. The second-order valence-electron chi connectivity index (χ2n) is 5.68.